The van der Waals surface area contributed by atoms with Gasteiger partial charge in [0.25, 0.3) is 0 Å². The molecule has 2 N–H and O–H groups in total. The van der Waals surface area contributed by atoms with Crippen LogP contribution >= 0.6 is 0 Å². The number of sulfonamides is 1. The second-order valence-electron chi connectivity index (χ2n) is 5.99. The maximum Gasteiger partial charge on any atom is 0.243 e. The van der Waals surface area contributed by atoms with Crippen molar-refractivity contribution < 1.29 is 8.42 Å². The van der Waals surface area contributed by atoms with Crippen LogP contribution in [0, 0.1) is 5.92 Å². The summed E-state index contributed by atoms with van der Waals surface area (Å²) in [6, 6.07) is 7.26. The summed E-state index contributed by atoms with van der Waals surface area (Å²) in [5.41, 5.74) is 7.03. The lowest BCUT2D eigenvalue weighted by Crippen LogP contribution is -2.33. The summed E-state index contributed by atoms with van der Waals surface area (Å²) >= 11 is 0. The summed E-state index contributed by atoms with van der Waals surface area (Å²) in [4.78, 5) is 0.382. The van der Waals surface area contributed by atoms with E-state index in [1.165, 1.54) is 0 Å². The predicted octanol–water partition coefficient (Wildman–Crippen LogP) is 2.17. The van der Waals surface area contributed by atoms with Gasteiger partial charge >= 0.3 is 0 Å². The largest absolute Gasteiger partial charge is 0.328 e. The van der Waals surface area contributed by atoms with Crippen molar-refractivity contribution in [2.75, 3.05) is 13.1 Å². The van der Waals surface area contributed by atoms with Crippen LogP contribution in [-0.4, -0.2) is 31.9 Å². The molecule has 1 aliphatic heterocycles. The molecule has 1 aromatic carbocycles. The van der Waals surface area contributed by atoms with E-state index in [4.69, 9.17) is 5.73 Å². The lowest BCUT2D eigenvalue weighted by molar-refractivity contribution is 0.429. The van der Waals surface area contributed by atoms with Crippen LogP contribution in [0.2, 0.25) is 0 Å². The molecule has 1 aliphatic rings. The number of nitrogens with two attached hydrogens (primary N) is 1. The van der Waals surface area contributed by atoms with E-state index in [1.807, 2.05) is 19.1 Å². The second kappa shape index (κ2) is 5.84. The average molecular weight is 296 g/mol. The molecule has 20 heavy (non-hydrogen) atoms. The van der Waals surface area contributed by atoms with Gasteiger partial charge in [-0.15, -0.1) is 0 Å². The Balaban J connectivity index is 2.19. The predicted molar refractivity (Wildman–Crippen MR) is 81.0 cm³/mol. The van der Waals surface area contributed by atoms with Crippen LogP contribution in [0.1, 0.15) is 38.7 Å². The molecule has 1 heterocycles. The van der Waals surface area contributed by atoms with Crippen molar-refractivity contribution in [1.82, 2.24) is 4.31 Å². The van der Waals surface area contributed by atoms with Crippen molar-refractivity contribution in [3.05, 3.63) is 29.8 Å². The van der Waals surface area contributed by atoms with Crippen molar-refractivity contribution >= 4 is 10.0 Å². The Bertz CT molecular complexity index is 550. The fraction of sp³-hybridized carbons (Fsp3) is 0.600. The third-order valence-electron chi connectivity index (χ3n) is 4.12. The van der Waals surface area contributed by atoms with Crippen molar-refractivity contribution in [3.63, 3.8) is 0 Å². The van der Waals surface area contributed by atoms with Gasteiger partial charge in [0.15, 0.2) is 0 Å². The fourth-order valence-corrected chi connectivity index (χ4v) is 4.09. The van der Waals surface area contributed by atoms with Gasteiger partial charge in [-0.2, -0.15) is 4.31 Å². The number of rotatable bonds is 4. The first-order chi connectivity index (χ1) is 9.32. The van der Waals surface area contributed by atoms with Crippen LogP contribution in [-0.2, 0) is 10.0 Å². The summed E-state index contributed by atoms with van der Waals surface area (Å²) in [7, 11) is -3.37. The smallest absolute Gasteiger partial charge is 0.243 e. The van der Waals surface area contributed by atoms with Crippen molar-refractivity contribution in [3.8, 4) is 0 Å². The number of nitrogens with zero attached hydrogens (tertiary/aromatic N) is 1. The van der Waals surface area contributed by atoms with E-state index in [0.29, 0.717) is 23.9 Å². The summed E-state index contributed by atoms with van der Waals surface area (Å²) in [5.74, 6) is 0.667. The maximum atomic E-state index is 12.6. The minimum absolute atomic E-state index is 0.0403. The molecule has 2 rings (SSSR count). The normalized spacial score (nSPS) is 22.4. The Labute approximate surface area is 122 Å². The molecule has 0 amide bonds. The third-order valence-corrected chi connectivity index (χ3v) is 5.99. The lowest BCUT2D eigenvalue weighted by atomic mass is 10.0. The Morgan fingerprint density at radius 1 is 1.20 bits per heavy atom. The maximum absolute atomic E-state index is 12.6. The lowest BCUT2D eigenvalue weighted by Gasteiger charge is -2.18. The monoisotopic (exact) mass is 296 g/mol. The van der Waals surface area contributed by atoms with Gasteiger partial charge in [0, 0.05) is 19.1 Å². The Morgan fingerprint density at radius 3 is 2.25 bits per heavy atom. The molecule has 2 unspecified atom stereocenters. The first-order valence-electron chi connectivity index (χ1n) is 7.18. The van der Waals surface area contributed by atoms with Crippen molar-refractivity contribution in [1.29, 1.82) is 0 Å². The molecule has 5 heteroatoms. The second-order valence-corrected chi connectivity index (χ2v) is 7.93. The molecule has 0 spiro atoms. The van der Waals surface area contributed by atoms with Crippen molar-refractivity contribution in [2.24, 2.45) is 11.7 Å². The average Bonchev–Trinajstić information content (AvgIpc) is 2.89. The van der Waals surface area contributed by atoms with Gasteiger partial charge in [0.1, 0.15) is 0 Å². The molecule has 4 nitrogen and oxygen atoms in total. The molecular weight excluding hydrogens is 272 g/mol. The molecule has 0 aliphatic carbocycles. The highest BCUT2D eigenvalue weighted by Crippen LogP contribution is 2.26. The number of hydrogen-bond donors (Lipinski definition) is 1. The molecule has 1 fully saturated rings. The molecule has 0 radical (unpaired) electrons. The Morgan fingerprint density at radius 2 is 1.80 bits per heavy atom. The standard InChI is InChI=1S/C15H24N2O2S/c1-11(2)13-4-6-15(7-5-13)20(18,19)17-9-8-14(10-17)12(3)16/h4-7,11-12,14H,8-10,16H2,1-3H3. The summed E-state index contributed by atoms with van der Waals surface area (Å²) in [6.45, 7) is 7.24. The van der Waals surface area contributed by atoms with Crippen LogP contribution in [0.25, 0.3) is 0 Å². The van der Waals surface area contributed by atoms with Crippen LogP contribution in [0.3, 0.4) is 0 Å². The van der Waals surface area contributed by atoms with E-state index in [2.05, 4.69) is 13.8 Å². The Kier molecular flexibility index (Phi) is 4.52. The van der Waals surface area contributed by atoms with Crippen LogP contribution in [0.5, 0.6) is 0 Å². The SMILES string of the molecule is CC(C)c1ccc(S(=O)(=O)N2CCC(C(C)N)C2)cc1. The molecule has 1 saturated heterocycles. The van der Waals surface area contributed by atoms with E-state index in [0.717, 1.165) is 12.0 Å². The van der Waals surface area contributed by atoms with Gasteiger partial charge in [0.2, 0.25) is 10.0 Å². The van der Waals surface area contributed by atoms with Crippen LogP contribution in [0.15, 0.2) is 29.2 Å². The topological polar surface area (TPSA) is 63.4 Å². The molecule has 0 saturated carbocycles. The molecule has 1 aromatic rings. The number of hydrogen-bond acceptors (Lipinski definition) is 3. The zero-order valence-corrected chi connectivity index (χ0v) is 13.2. The van der Waals surface area contributed by atoms with E-state index < -0.39 is 10.0 Å². The van der Waals surface area contributed by atoms with Crippen molar-refractivity contribution in [2.45, 2.75) is 44.0 Å². The minimum Gasteiger partial charge on any atom is -0.328 e. The van der Waals surface area contributed by atoms with Gasteiger partial charge < -0.3 is 5.73 Å². The molecule has 0 aromatic heterocycles. The zero-order chi connectivity index (χ0) is 14.9. The molecule has 0 bridgehead atoms. The van der Waals surface area contributed by atoms with Gasteiger partial charge in [-0.1, -0.05) is 26.0 Å². The van der Waals surface area contributed by atoms with Crippen LogP contribution < -0.4 is 5.73 Å². The highest BCUT2D eigenvalue weighted by molar-refractivity contribution is 7.89. The highest BCUT2D eigenvalue weighted by Gasteiger charge is 2.33. The third kappa shape index (κ3) is 3.05. The molecular formula is C15H24N2O2S. The first-order valence-corrected chi connectivity index (χ1v) is 8.62. The fourth-order valence-electron chi connectivity index (χ4n) is 2.58. The summed E-state index contributed by atoms with van der Waals surface area (Å²) in [6.07, 6.45) is 0.848. The van der Waals surface area contributed by atoms with E-state index in [-0.39, 0.29) is 12.0 Å². The van der Waals surface area contributed by atoms with Gasteiger partial charge in [-0.3, -0.25) is 0 Å². The Hall–Kier alpha value is -0.910. The first kappa shape index (κ1) is 15.5. The van der Waals surface area contributed by atoms with E-state index >= 15 is 0 Å². The van der Waals surface area contributed by atoms with Crippen LogP contribution in [0.4, 0.5) is 0 Å². The van der Waals surface area contributed by atoms with Gasteiger partial charge in [0.05, 0.1) is 4.90 Å². The molecule has 2 atom stereocenters. The van der Waals surface area contributed by atoms with E-state index in [1.54, 1.807) is 16.4 Å². The summed E-state index contributed by atoms with van der Waals surface area (Å²) < 4.78 is 26.7. The quantitative estimate of drug-likeness (QED) is 0.926. The van der Waals surface area contributed by atoms with E-state index in [9.17, 15) is 8.42 Å². The van der Waals surface area contributed by atoms with Gasteiger partial charge in [-0.25, -0.2) is 8.42 Å². The summed E-state index contributed by atoms with van der Waals surface area (Å²) in [5, 5.41) is 0. The highest BCUT2D eigenvalue weighted by atomic mass is 32.2. The van der Waals surface area contributed by atoms with Gasteiger partial charge in [-0.05, 0) is 42.9 Å². The zero-order valence-electron chi connectivity index (χ0n) is 12.4. The minimum atomic E-state index is -3.37. The molecule has 112 valence electrons. The number of benzene rings is 1.